The molecule has 2 heterocycles. The highest BCUT2D eigenvalue weighted by atomic mass is 16.5. The molecule has 1 aromatic heterocycles. The van der Waals surface area contributed by atoms with Gasteiger partial charge in [0.15, 0.2) is 0 Å². The second kappa shape index (κ2) is 6.61. The number of rotatable bonds is 4. The van der Waals surface area contributed by atoms with Crippen LogP contribution in [0.1, 0.15) is 25.8 Å². The van der Waals surface area contributed by atoms with Crippen molar-refractivity contribution in [2.24, 2.45) is 5.92 Å². The van der Waals surface area contributed by atoms with Crippen molar-refractivity contribution in [1.82, 2.24) is 14.9 Å². The lowest BCUT2D eigenvalue weighted by atomic mass is 10.0. The standard InChI is InChI=1S/C14H21N3O2/c1-11(2)5-13-9-19-4-3-17(13)14(18)6-12-7-15-10-16-8-12/h7-8,10-11,13H,3-6,9H2,1-2H3. The van der Waals surface area contributed by atoms with Crippen LogP contribution in [-0.2, 0) is 16.0 Å². The van der Waals surface area contributed by atoms with E-state index in [2.05, 4.69) is 23.8 Å². The van der Waals surface area contributed by atoms with Crippen molar-refractivity contribution in [3.8, 4) is 0 Å². The van der Waals surface area contributed by atoms with E-state index in [1.165, 1.54) is 6.33 Å². The van der Waals surface area contributed by atoms with E-state index in [-0.39, 0.29) is 11.9 Å². The van der Waals surface area contributed by atoms with E-state index in [1.807, 2.05) is 4.90 Å². The summed E-state index contributed by atoms with van der Waals surface area (Å²) in [6.45, 7) is 6.30. The maximum Gasteiger partial charge on any atom is 0.227 e. The molecule has 1 fully saturated rings. The summed E-state index contributed by atoms with van der Waals surface area (Å²) in [5, 5.41) is 0. The summed E-state index contributed by atoms with van der Waals surface area (Å²) in [6, 6.07) is 0.200. The number of hydrogen-bond donors (Lipinski definition) is 0. The molecule has 1 saturated heterocycles. The molecule has 0 aromatic carbocycles. The molecule has 0 bridgehead atoms. The molecule has 0 aliphatic carbocycles. The minimum Gasteiger partial charge on any atom is -0.377 e. The van der Waals surface area contributed by atoms with Crippen LogP contribution in [0.3, 0.4) is 0 Å². The van der Waals surface area contributed by atoms with Crippen LogP contribution in [-0.4, -0.2) is 46.6 Å². The van der Waals surface area contributed by atoms with Crippen molar-refractivity contribution in [2.45, 2.75) is 32.7 Å². The summed E-state index contributed by atoms with van der Waals surface area (Å²) in [4.78, 5) is 22.2. The molecular formula is C14H21N3O2. The van der Waals surface area contributed by atoms with Gasteiger partial charge in [0.25, 0.3) is 0 Å². The van der Waals surface area contributed by atoms with Gasteiger partial charge in [-0.3, -0.25) is 4.79 Å². The molecule has 19 heavy (non-hydrogen) atoms. The quantitative estimate of drug-likeness (QED) is 0.821. The van der Waals surface area contributed by atoms with Gasteiger partial charge in [-0.05, 0) is 17.9 Å². The van der Waals surface area contributed by atoms with Gasteiger partial charge in [-0.15, -0.1) is 0 Å². The van der Waals surface area contributed by atoms with E-state index in [0.29, 0.717) is 32.1 Å². The molecule has 1 aliphatic rings. The van der Waals surface area contributed by atoms with Gasteiger partial charge in [0.05, 0.1) is 25.7 Å². The average Bonchev–Trinajstić information content (AvgIpc) is 2.39. The molecule has 1 atom stereocenters. The molecule has 1 aromatic rings. The van der Waals surface area contributed by atoms with E-state index in [9.17, 15) is 4.79 Å². The maximum absolute atomic E-state index is 12.4. The zero-order valence-electron chi connectivity index (χ0n) is 11.6. The number of carbonyl (C=O) groups is 1. The SMILES string of the molecule is CC(C)CC1COCCN1C(=O)Cc1cncnc1. The van der Waals surface area contributed by atoms with Crippen LogP contribution in [0.4, 0.5) is 0 Å². The van der Waals surface area contributed by atoms with Gasteiger partial charge < -0.3 is 9.64 Å². The molecule has 0 N–H and O–H groups in total. The molecule has 0 spiro atoms. The highest BCUT2D eigenvalue weighted by molar-refractivity contribution is 5.79. The molecule has 1 unspecified atom stereocenters. The zero-order valence-corrected chi connectivity index (χ0v) is 11.6. The summed E-state index contributed by atoms with van der Waals surface area (Å²) in [5.74, 6) is 0.700. The number of aromatic nitrogens is 2. The molecule has 1 aliphatic heterocycles. The van der Waals surface area contributed by atoms with Crippen molar-refractivity contribution in [2.75, 3.05) is 19.8 Å². The molecule has 2 rings (SSSR count). The number of carbonyl (C=O) groups excluding carboxylic acids is 1. The Bertz CT molecular complexity index is 408. The van der Waals surface area contributed by atoms with Gasteiger partial charge in [0.2, 0.25) is 5.91 Å². The maximum atomic E-state index is 12.4. The molecule has 5 nitrogen and oxygen atoms in total. The Morgan fingerprint density at radius 2 is 2.21 bits per heavy atom. The van der Waals surface area contributed by atoms with Crippen molar-refractivity contribution >= 4 is 5.91 Å². The first-order valence-electron chi connectivity index (χ1n) is 6.78. The smallest absolute Gasteiger partial charge is 0.227 e. The molecule has 1 amide bonds. The summed E-state index contributed by atoms with van der Waals surface area (Å²) in [5.41, 5.74) is 0.863. The monoisotopic (exact) mass is 263 g/mol. The third kappa shape index (κ3) is 3.99. The fraction of sp³-hybridized carbons (Fsp3) is 0.643. The lowest BCUT2D eigenvalue weighted by molar-refractivity contribution is -0.139. The Kier molecular flexibility index (Phi) is 4.85. The van der Waals surface area contributed by atoms with Crippen molar-refractivity contribution in [3.63, 3.8) is 0 Å². The lowest BCUT2D eigenvalue weighted by Crippen LogP contribution is -2.49. The second-order valence-electron chi connectivity index (χ2n) is 5.37. The third-order valence-corrected chi connectivity index (χ3v) is 3.26. The highest BCUT2D eigenvalue weighted by Gasteiger charge is 2.27. The molecule has 104 valence electrons. The van der Waals surface area contributed by atoms with Gasteiger partial charge in [0.1, 0.15) is 6.33 Å². The van der Waals surface area contributed by atoms with E-state index >= 15 is 0 Å². The van der Waals surface area contributed by atoms with Crippen LogP contribution in [0.25, 0.3) is 0 Å². The topological polar surface area (TPSA) is 55.3 Å². The number of nitrogens with zero attached hydrogens (tertiary/aromatic N) is 3. The van der Waals surface area contributed by atoms with Gasteiger partial charge >= 0.3 is 0 Å². The first-order valence-corrected chi connectivity index (χ1v) is 6.78. The number of amides is 1. The van der Waals surface area contributed by atoms with Crippen LogP contribution in [0.15, 0.2) is 18.7 Å². The Balaban J connectivity index is 1.99. The Labute approximate surface area is 114 Å². The number of hydrogen-bond acceptors (Lipinski definition) is 4. The van der Waals surface area contributed by atoms with Crippen molar-refractivity contribution in [3.05, 3.63) is 24.3 Å². The highest BCUT2D eigenvalue weighted by Crippen LogP contribution is 2.16. The van der Waals surface area contributed by atoms with Crippen LogP contribution in [0.2, 0.25) is 0 Å². The van der Waals surface area contributed by atoms with E-state index < -0.39 is 0 Å². The van der Waals surface area contributed by atoms with E-state index in [1.54, 1.807) is 12.4 Å². The largest absolute Gasteiger partial charge is 0.377 e. The Morgan fingerprint density at radius 1 is 1.47 bits per heavy atom. The van der Waals surface area contributed by atoms with Crippen LogP contribution in [0.5, 0.6) is 0 Å². The molecular weight excluding hydrogens is 242 g/mol. The van der Waals surface area contributed by atoms with Crippen LogP contribution in [0, 0.1) is 5.92 Å². The minimum atomic E-state index is 0.142. The summed E-state index contributed by atoms with van der Waals surface area (Å²) < 4.78 is 5.50. The lowest BCUT2D eigenvalue weighted by Gasteiger charge is -2.36. The molecule has 5 heteroatoms. The van der Waals surface area contributed by atoms with Gasteiger partial charge in [-0.1, -0.05) is 13.8 Å². The summed E-state index contributed by atoms with van der Waals surface area (Å²) >= 11 is 0. The first kappa shape index (κ1) is 13.9. The first-order chi connectivity index (χ1) is 9.16. The fourth-order valence-electron chi connectivity index (χ4n) is 2.42. The number of ether oxygens (including phenoxy) is 1. The van der Waals surface area contributed by atoms with Gasteiger partial charge in [-0.25, -0.2) is 9.97 Å². The summed E-state index contributed by atoms with van der Waals surface area (Å²) in [6.07, 6.45) is 6.22. The van der Waals surface area contributed by atoms with E-state index in [4.69, 9.17) is 4.74 Å². The third-order valence-electron chi connectivity index (χ3n) is 3.26. The van der Waals surface area contributed by atoms with Gasteiger partial charge in [-0.2, -0.15) is 0 Å². The van der Waals surface area contributed by atoms with Crippen LogP contribution >= 0.6 is 0 Å². The van der Waals surface area contributed by atoms with Crippen molar-refractivity contribution in [1.29, 1.82) is 0 Å². The fourth-order valence-corrected chi connectivity index (χ4v) is 2.42. The molecule has 0 radical (unpaired) electrons. The predicted molar refractivity (Wildman–Crippen MR) is 71.5 cm³/mol. The number of morpholine rings is 1. The Morgan fingerprint density at radius 3 is 2.89 bits per heavy atom. The molecule has 0 saturated carbocycles. The van der Waals surface area contributed by atoms with Crippen molar-refractivity contribution < 1.29 is 9.53 Å². The van der Waals surface area contributed by atoms with Crippen LogP contribution < -0.4 is 0 Å². The van der Waals surface area contributed by atoms with E-state index in [0.717, 1.165) is 12.0 Å². The zero-order chi connectivity index (χ0) is 13.7. The minimum absolute atomic E-state index is 0.142. The predicted octanol–water partition coefficient (Wildman–Crippen LogP) is 1.29. The second-order valence-corrected chi connectivity index (χ2v) is 5.37. The Hall–Kier alpha value is -1.49. The summed E-state index contributed by atoms with van der Waals surface area (Å²) in [7, 11) is 0. The normalized spacial score (nSPS) is 19.7. The van der Waals surface area contributed by atoms with Gasteiger partial charge in [0, 0.05) is 18.9 Å². The average molecular weight is 263 g/mol.